The van der Waals surface area contributed by atoms with Crippen LogP contribution in [0, 0.1) is 5.92 Å². The Hall–Kier alpha value is -4.01. The average Bonchev–Trinajstić information content (AvgIpc) is 2.77. The zero-order chi connectivity index (χ0) is 22.4. The second-order valence-electron chi connectivity index (χ2n) is 6.67. The predicted molar refractivity (Wildman–Crippen MR) is 113 cm³/mol. The van der Waals surface area contributed by atoms with Gasteiger partial charge in [-0.1, -0.05) is 36.9 Å². The Kier molecular flexibility index (Phi) is 6.76. The Morgan fingerprint density at radius 2 is 1.74 bits per heavy atom. The highest BCUT2D eigenvalue weighted by molar-refractivity contribution is 5.98. The molecule has 3 amide bonds. The standard InChI is InChI=1S/C22H23N3O6/c1-13-19(21(27)24-15-9-5-7-11-17(15)29-2)20(25-22(28)23-13)14-8-4-6-10-16(14)31-12-18(26)30-3/h4-11,19-20H,1,12H2,2-3H3,(H,24,27)(H2,23,25,28)/t19-,20-/m0/s1. The predicted octanol–water partition coefficient (Wildman–Crippen LogP) is 2.37. The molecule has 31 heavy (non-hydrogen) atoms. The van der Waals surface area contributed by atoms with Gasteiger partial charge in [0.1, 0.15) is 17.4 Å². The van der Waals surface area contributed by atoms with E-state index in [0.29, 0.717) is 22.7 Å². The molecule has 2 atom stereocenters. The Balaban J connectivity index is 1.92. The van der Waals surface area contributed by atoms with E-state index in [1.807, 2.05) is 0 Å². The van der Waals surface area contributed by atoms with E-state index in [4.69, 9.17) is 9.47 Å². The van der Waals surface area contributed by atoms with Crippen molar-refractivity contribution in [3.63, 3.8) is 0 Å². The highest BCUT2D eigenvalue weighted by Gasteiger charge is 2.39. The van der Waals surface area contributed by atoms with Crippen molar-refractivity contribution in [2.24, 2.45) is 5.92 Å². The molecule has 9 heteroatoms. The minimum absolute atomic E-state index is 0.226. The van der Waals surface area contributed by atoms with Crippen LogP contribution < -0.4 is 25.4 Å². The van der Waals surface area contributed by atoms with Crippen molar-refractivity contribution in [1.29, 1.82) is 0 Å². The number of hydrogen-bond donors (Lipinski definition) is 3. The molecule has 162 valence electrons. The van der Waals surface area contributed by atoms with Crippen LogP contribution >= 0.6 is 0 Å². The zero-order valence-electron chi connectivity index (χ0n) is 17.1. The average molecular weight is 425 g/mol. The lowest BCUT2D eigenvalue weighted by atomic mass is 9.87. The highest BCUT2D eigenvalue weighted by Crippen LogP contribution is 2.36. The van der Waals surface area contributed by atoms with Gasteiger partial charge in [-0.05, 0) is 18.2 Å². The number of hydrogen-bond acceptors (Lipinski definition) is 6. The van der Waals surface area contributed by atoms with Crippen LogP contribution in [0.5, 0.6) is 11.5 Å². The fourth-order valence-corrected chi connectivity index (χ4v) is 3.28. The largest absolute Gasteiger partial charge is 0.495 e. The van der Waals surface area contributed by atoms with Gasteiger partial charge in [0.25, 0.3) is 0 Å². The molecule has 1 aliphatic heterocycles. The molecule has 2 aromatic rings. The fourth-order valence-electron chi connectivity index (χ4n) is 3.28. The molecule has 0 unspecified atom stereocenters. The van der Waals surface area contributed by atoms with Gasteiger partial charge in [-0.3, -0.25) is 4.79 Å². The van der Waals surface area contributed by atoms with Gasteiger partial charge < -0.3 is 30.2 Å². The molecule has 0 bridgehead atoms. The number of urea groups is 1. The normalized spacial score (nSPS) is 17.7. The van der Waals surface area contributed by atoms with Gasteiger partial charge in [0.05, 0.1) is 25.9 Å². The molecule has 0 aromatic heterocycles. The number of nitrogens with one attached hydrogen (secondary N) is 3. The summed E-state index contributed by atoms with van der Waals surface area (Å²) in [7, 11) is 2.76. The monoisotopic (exact) mass is 425 g/mol. The summed E-state index contributed by atoms with van der Waals surface area (Å²) < 4.78 is 15.5. The maximum Gasteiger partial charge on any atom is 0.343 e. The molecule has 0 radical (unpaired) electrons. The van der Waals surface area contributed by atoms with Crippen LogP contribution in [-0.4, -0.2) is 38.7 Å². The van der Waals surface area contributed by atoms with Crippen LogP contribution in [0.15, 0.2) is 60.8 Å². The first kappa shape index (κ1) is 21.7. The maximum absolute atomic E-state index is 13.2. The fraction of sp³-hybridized carbons (Fsp3) is 0.227. The molecule has 1 aliphatic rings. The highest BCUT2D eigenvalue weighted by atomic mass is 16.6. The van der Waals surface area contributed by atoms with Gasteiger partial charge in [-0.15, -0.1) is 0 Å². The summed E-state index contributed by atoms with van der Waals surface area (Å²) in [6.07, 6.45) is 0. The van der Waals surface area contributed by atoms with Crippen LogP contribution in [0.3, 0.4) is 0 Å². The molecule has 1 heterocycles. The summed E-state index contributed by atoms with van der Waals surface area (Å²) in [5.74, 6) is -1.00. The quantitative estimate of drug-likeness (QED) is 0.587. The first-order valence-corrected chi connectivity index (χ1v) is 9.43. The Morgan fingerprint density at radius 3 is 2.45 bits per heavy atom. The number of esters is 1. The van der Waals surface area contributed by atoms with Crippen molar-refractivity contribution < 1.29 is 28.6 Å². The number of anilines is 1. The number of methoxy groups -OCH3 is 2. The van der Waals surface area contributed by atoms with E-state index >= 15 is 0 Å². The summed E-state index contributed by atoms with van der Waals surface area (Å²) in [6, 6.07) is 12.5. The Bertz CT molecular complexity index is 1010. The third kappa shape index (κ3) is 4.95. The van der Waals surface area contributed by atoms with Crippen LogP contribution in [-0.2, 0) is 14.3 Å². The van der Waals surface area contributed by atoms with Crippen molar-refractivity contribution in [3.05, 3.63) is 66.4 Å². The number of amides is 3. The minimum atomic E-state index is -0.870. The molecule has 3 N–H and O–H groups in total. The Morgan fingerprint density at radius 1 is 1.06 bits per heavy atom. The SMILES string of the molecule is C=C1NC(=O)N[C@@H](c2ccccc2OCC(=O)OC)[C@H]1C(=O)Nc1ccccc1OC. The third-order valence-corrected chi connectivity index (χ3v) is 4.74. The van der Waals surface area contributed by atoms with Crippen LogP contribution in [0.4, 0.5) is 10.5 Å². The van der Waals surface area contributed by atoms with Crippen molar-refractivity contribution >= 4 is 23.6 Å². The lowest BCUT2D eigenvalue weighted by molar-refractivity contribution is -0.143. The first-order chi connectivity index (χ1) is 14.9. The number of benzene rings is 2. The molecule has 0 saturated carbocycles. The minimum Gasteiger partial charge on any atom is -0.495 e. The van der Waals surface area contributed by atoms with Crippen LogP contribution in [0.2, 0.25) is 0 Å². The zero-order valence-corrected chi connectivity index (χ0v) is 17.1. The van der Waals surface area contributed by atoms with Gasteiger partial charge in [0.15, 0.2) is 6.61 Å². The van der Waals surface area contributed by atoms with Crippen molar-refractivity contribution in [1.82, 2.24) is 10.6 Å². The van der Waals surface area contributed by atoms with E-state index < -0.39 is 29.9 Å². The van der Waals surface area contributed by atoms with Crippen molar-refractivity contribution in [3.8, 4) is 11.5 Å². The van der Waals surface area contributed by atoms with Crippen LogP contribution in [0.25, 0.3) is 0 Å². The van der Waals surface area contributed by atoms with Crippen molar-refractivity contribution in [2.45, 2.75) is 6.04 Å². The molecule has 2 aromatic carbocycles. The summed E-state index contributed by atoms with van der Waals surface area (Å²) >= 11 is 0. The van der Waals surface area contributed by atoms with Gasteiger partial charge in [-0.2, -0.15) is 0 Å². The molecular formula is C22H23N3O6. The number of para-hydroxylation sites is 3. The molecule has 1 saturated heterocycles. The van der Waals surface area contributed by atoms with Crippen LogP contribution in [0.1, 0.15) is 11.6 Å². The molecule has 3 rings (SSSR count). The second-order valence-corrected chi connectivity index (χ2v) is 6.67. The van der Waals surface area contributed by atoms with Crippen molar-refractivity contribution in [2.75, 3.05) is 26.1 Å². The lowest BCUT2D eigenvalue weighted by Gasteiger charge is -2.34. The van der Waals surface area contributed by atoms with Gasteiger partial charge in [0.2, 0.25) is 5.91 Å². The molecule has 0 aliphatic carbocycles. The van der Waals surface area contributed by atoms with E-state index in [1.165, 1.54) is 14.2 Å². The van der Waals surface area contributed by atoms with E-state index in [2.05, 4.69) is 27.3 Å². The summed E-state index contributed by atoms with van der Waals surface area (Å²) in [5, 5.41) is 8.13. The summed E-state index contributed by atoms with van der Waals surface area (Å²) in [5.41, 5.74) is 1.22. The molecule has 9 nitrogen and oxygen atoms in total. The van der Waals surface area contributed by atoms with E-state index in [9.17, 15) is 14.4 Å². The van der Waals surface area contributed by atoms with Gasteiger partial charge in [0, 0.05) is 11.3 Å². The van der Waals surface area contributed by atoms with E-state index in [1.54, 1.807) is 48.5 Å². The number of carbonyl (C=O) groups is 3. The van der Waals surface area contributed by atoms with E-state index in [-0.39, 0.29) is 12.3 Å². The topological polar surface area (TPSA) is 115 Å². The molecule has 0 spiro atoms. The maximum atomic E-state index is 13.2. The third-order valence-electron chi connectivity index (χ3n) is 4.74. The number of carbonyl (C=O) groups excluding carboxylic acids is 3. The first-order valence-electron chi connectivity index (χ1n) is 9.43. The Labute approximate surface area is 179 Å². The van der Waals surface area contributed by atoms with Gasteiger partial charge in [-0.25, -0.2) is 9.59 Å². The molecular weight excluding hydrogens is 402 g/mol. The second kappa shape index (κ2) is 9.66. The van der Waals surface area contributed by atoms with Gasteiger partial charge >= 0.3 is 12.0 Å². The number of rotatable bonds is 7. The molecule has 1 fully saturated rings. The summed E-state index contributed by atoms with van der Waals surface area (Å²) in [4.78, 5) is 36.9. The number of ether oxygens (including phenoxy) is 3. The lowest BCUT2D eigenvalue weighted by Crippen LogP contribution is -2.52. The summed E-state index contributed by atoms with van der Waals surface area (Å²) in [6.45, 7) is 3.55. The smallest absolute Gasteiger partial charge is 0.343 e. The van der Waals surface area contributed by atoms with E-state index in [0.717, 1.165) is 0 Å².